The fraction of sp³-hybridized carbons (Fsp3) is 0.714. The molecule has 1 aliphatic rings. The molecule has 0 bridgehead atoms. The lowest BCUT2D eigenvalue weighted by atomic mass is 9.71. The molecule has 1 aromatic rings. The first-order chi connectivity index (χ1) is 9.30. The van der Waals surface area contributed by atoms with Crippen molar-refractivity contribution in [1.29, 1.82) is 0 Å². The zero-order chi connectivity index (χ0) is 15.0. The first-order valence-corrected chi connectivity index (χ1v) is 7.35. The van der Waals surface area contributed by atoms with Crippen LogP contribution in [0.3, 0.4) is 0 Å². The Bertz CT molecular complexity index is 491. The highest BCUT2D eigenvalue weighted by Crippen LogP contribution is 2.33. The van der Waals surface area contributed by atoms with Crippen molar-refractivity contribution in [3.05, 3.63) is 17.6 Å². The summed E-state index contributed by atoms with van der Waals surface area (Å²) >= 11 is 0. The predicted molar refractivity (Wildman–Crippen MR) is 82.1 cm³/mol. The second-order valence-corrected chi connectivity index (χ2v) is 6.31. The predicted octanol–water partition coefficient (Wildman–Crippen LogP) is 2.30. The van der Waals surface area contributed by atoms with Crippen molar-refractivity contribution >= 4 is 13.3 Å². The van der Waals surface area contributed by atoms with E-state index >= 15 is 0 Å². The van der Waals surface area contributed by atoms with Crippen molar-refractivity contribution in [3.8, 4) is 0 Å². The van der Waals surface area contributed by atoms with Gasteiger partial charge in [-0.15, -0.1) is 0 Å². The molecule has 20 heavy (non-hydrogen) atoms. The molecule has 6 heteroatoms. The van der Waals surface area contributed by atoms with Crippen LogP contribution in [0.4, 0.5) is 0 Å². The van der Waals surface area contributed by atoms with Crippen molar-refractivity contribution < 1.29 is 4.65 Å². The molecule has 0 unspecified atom stereocenters. The quantitative estimate of drug-likeness (QED) is 0.857. The van der Waals surface area contributed by atoms with Gasteiger partial charge in [0.05, 0.1) is 5.60 Å². The van der Waals surface area contributed by atoms with Gasteiger partial charge in [0.2, 0.25) is 0 Å². The van der Waals surface area contributed by atoms with E-state index in [1.54, 1.807) is 6.33 Å². The maximum Gasteiger partial charge on any atom is 0.414 e. The van der Waals surface area contributed by atoms with E-state index in [4.69, 9.17) is 4.65 Å². The maximum absolute atomic E-state index is 6.20. The molecule has 1 saturated heterocycles. The number of aryl methyl sites for hydroxylation is 1. The minimum Gasteiger partial charge on any atom is -0.411 e. The van der Waals surface area contributed by atoms with Crippen LogP contribution in [0.25, 0.3) is 6.20 Å². The van der Waals surface area contributed by atoms with E-state index in [9.17, 15) is 0 Å². The second-order valence-electron chi connectivity index (χ2n) is 6.31. The summed E-state index contributed by atoms with van der Waals surface area (Å²) in [7, 11) is -0.0705. The molecule has 0 saturated carbocycles. The molecule has 0 spiro atoms. The largest absolute Gasteiger partial charge is 0.414 e. The van der Waals surface area contributed by atoms with Gasteiger partial charge in [-0.1, -0.05) is 13.8 Å². The van der Waals surface area contributed by atoms with Crippen LogP contribution in [-0.2, 0) is 11.1 Å². The molecule has 0 aliphatic carbocycles. The third-order valence-corrected chi connectivity index (χ3v) is 4.41. The summed E-state index contributed by atoms with van der Waals surface area (Å²) in [5.41, 5.74) is 0.910. The van der Waals surface area contributed by atoms with Crippen LogP contribution in [0.5, 0.6) is 0 Å². The van der Waals surface area contributed by atoms with Crippen molar-refractivity contribution in [2.75, 3.05) is 0 Å². The fourth-order valence-electron chi connectivity index (χ4n) is 2.28. The molecule has 1 N–H and O–H groups in total. The number of allylic oxidation sites excluding steroid dienone is 1. The van der Waals surface area contributed by atoms with Gasteiger partial charge >= 0.3 is 7.05 Å². The molecular formula is C14H25BN4O. The summed E-state index contributed by atoms with van der Waals surface area (Å²) in [4.78, 5) is 4.25. The summed E-state index contributed by atoms with van der Waals surface area (Å²) in [6.07, 6.45) is 5.41. The Balaban J connectivity index is 2.26. The van der Waals surface area contributed by atoms with Crippen LogP contribution in [0.1, 0.15) is 53.8 Å². The van der Waals surface area contributed by atoms with Crippen LogP contribution in [-0.4, -0.2) is 33.0 Å². The summed E-state index contributed by atoms with van der Waals surface area (Å²) < 4.78 is 8.05. The summed E-state index contributed by atoms with van der Waals surface area (Å²) in [6.45, 7) is 12.8. The van der Waals surface area contributed by atoms with Gasteiger partial charge in [-0.05, 0) is 39.6 Å². The Hall–Kier alpha value is -1.14. The molecule has 2 heterocycles. The Morgan fingerprint density at radius 1 is 1.40 bits per heavy atom. The Kier molecular flexibility index (Phi) is 4.07. The van der Waals surface area contributed by atoms with Crippen molar-refractivity contribution in [3.63, 3.8) is 0 Å². The van der Waals surface area contributed by atoms with E-state index in [1.807, 2.05) is 10.9 Å². The Morgan fingerprint density at radius 3 is 2.60 bits per heavy atom. The number of hydrogen-bond donors (Lipinski definition) is 1. The van der Waals surface area contributed by atoms with Crippen molar-refractivity contribution in [2.24, 2.45) is 0 Å². The monoisotopic (exact) mass is 276 g/mol. The van der Waals surface area contributed by atoms with Crippen LogP contribution >= 0.6 is 0 Å². The minimum atomic E-state index is -0.206. The third-order valence-electron chi connectivity index (χ3n) is 4.41. The zero-order valence-electron chi connectivity index (χ0n) is 13.4. The van der Waals surface area contributed by atoms with Gasteiger partial charge in [0.1, 0.15) is 12.2 Å². The molecule has 1 aromatic heterocycles. The lowest BCUT2D eigenvalue weighted by molar-refractivity contribution is 0.0744. The fourth-order valence-corrected chi connectivity index (χ4v) is 2.28. The number of nitrogens with zero attached hydrogens (tertiary/aromatic N) is 3. The Morgan fingerprint density at radius 2 is 2.10 bits per heavy atom. The smallest absolute Gasteiger partial charge is 0.411 e. The standard InChI is InChI=1S/C14H25BN4O/c1-7-11(9-19-12(8-2)16-10-17-19)15-18-13(3,4)14(5,6)20-15/h9-10,18H,7-8H2,1-6H3/b11-9+. The van der Waals surface area contributed by atoms with Gasteiger partial charge in [-0.25, -0.2) is 9.67 Å². The van der Waals surface area contributed by atoms with Gasteiger partial charge in [-0.3, -0.25) is 0 Å². The highest BCUT2D eigenvalue weighted by molar-refractivity contribution is 6.59. The molecule has 1 aliphatic heterocycles. The lowest BCUT2D eigenvalue weighted by Gasteiger charge is -2.33. The zero-order valence-corrected chi connectivity index (χ0v) is 13.4. The van der Waals surface area contributed by atoms with E-state index in [0.29, 0.717) is 0 Å². The summed E-state index contributed by atoms with van der Waals surface area (Å²) in [5.74, 6) is 0.965. The van der Waals surface area contributed by atoms with E-state index in [-0.39, 0.29) is 18.2 Å². The average Bonchev–Trinajstić information content (AvgIpc) is 2.88. The van der Waals surface area contributed by atoms with Crippen LogP contribution in [0, 0.1) is 0 Å². The molecule has 0 radical (unpaired) electrons. The van der Waals surface area contributed by atoms with E-state index in [1.165, 1.54) is 5.47 Å². The van der Waals surface area contributed by atoms with E-state index in [0.717, 1.165) is 18.7 Å². The maximum atomic E-state index is 6.20. The van der Waals surface area contributed by atoms with Gasteiger partial charge < -0.3 is 9.88 Å². The average molecular weight is 276 g/mol. The third kappa shape index (κ3) is 2.67. The van der Waals surface area contributed by atoms with Crippen LogP contribution in [0.2, 0.25) is 0 Å². The van der Waals surface area contributed by atoms with E-state index < -0.39 is 0 Å². The van der Waals surface area contributed by atoms with Crippen LogP contribution < -0.4 is 5.23 Å². The minimum absolute atomic E-state index is 0.0676. The molecule has 0 amide bonds. The lowest BCUT2D eigenvalue weighted by Crippen LogP contribution is -2.49. The molecular weight excluding hydrogens is 251 g/mol. The van der Waals surface area contributed by atoms with Gasteiger partial charge in [0.15, 0.2) is 0 Å². The van der Waals surface area contributed by atoms with E-state index in [2.05, 4.69) is 56.9 Å². The highest BCUT2D eigenvalue weighted by atomic mass is 16.5. The first-order valence-electron chi connectivity index (χ1n) is 7.35. The number of aromatic nitrogens is 3. The molecule has 110 valence electrons. The van der Waals surface area contributed by atoms with Crippen molar-refractivity contribution in [1.82, 2.24) is 20.0 Å². The molecule has 5 nitrogen and oxygen atoms in total. The highest BCUT2D eigenvalue weighted by Gasteiger charge is 2.50. The normalized spacial score (nSPS) is 21.5. The molecule has 1 fully saturated rings. The van der Waals surface area contributed by atoms with Gasteiger partial charge in [0, 0.05) is 18.2 Å². The summed E-state index contributed by atoms with van der Waals surface area (Å²) in [6, 6.07) is 0. The van der Waals surface area contributed by atoms with Gasteiger partial charge in [0.25, 0.3) is 0 Å². The first kappa shape index (κ1) is 15.3. The molecule has 0 aromatic carbocycles. The van der Waals surface area contributed by atoms with Crippen LogP contribution in [0.15, 0.2) is 11.8 Å². The topological polar surface area (TPSA) is 52.0 Å². The summed E-state index contributed by atoms with van der Waals surface area (Å²) in [5, 5.41) is 7.83. The number of rotatable bonds is 4. The molecule has 0 atom stereocenters. The second kappa shape index (κ2) is 5.33. The van der Waals surface area contributed by atoms with Gasteiger partial charge in [-0.2, -0.15) is 5.10 Å². The van der Waals surface area contributed by atoms with Crippen molar-refractivity contribution in [2.45, 2.75) is 65.5 Å². The number of nitrogens with one attached hydrogen (secondary N) is 1. The Labute approximate surface area is 121 Å². The SMILES string of the molecule is CC/C(=C\n1ncnc1CC)B1NC(C)(C)C(C)(C)O1. The number of hydrogen-bond acceptors (Lipinski definition) is 4. The molecule has 2 rings (SSSR count).